The van der Waals surface area contributed by atoms with Gasteiger partial charge >= 0.3 is 0 Å². The summed E-state index contributed by atoms with van der Waals surface area (Å²) in [6.45, 7) is 10.3. The van der Waals surface area contributed by atoms with Crippen molar-refractivity contribution in [3.63, 3.8) is 0 Å². The number of non-ortho nitro benzene ring substituents is 1. The van der Waals surface area contributed by atoms with Crippen LogP contribution in [0.4, 0.5) is 5.69 Å². The van der Waals surface area contributed by atoms with E-state index in [-0.39, 0.29) is 16.5 Å². The zero-order valence-corrected chi connectivity index (χ0v) is 19.1. The Morgan fingerprint density at radius 1 is 1.19 bits per heavy atom. The molecule has 3 rings (SSSR count). The van der Waals surface area contributed by atoms with E-state index in [4.69, 9.17) is 0 Å². The normalized spacial score (nSPS) is 19.5. The molecule has 1 aromatic rings. The fourth-order valence-corrected chi connectivity index (χ4v) is 5.00. The third kappa shape index (κ3) is 6.74. The maximum absolute atomic E-state index is 12.8. The summed E-state index contributed by atoms with van der Waals surface area (Å²) in [5.74, 6) is 1.22. The van der Waals surface area contributed by atoms with Gasteiger partial charge in [-0.05, 0) is 76.6 Å². The van der Waals surface area contributed by atoms with E-state index in [1.807, 2.05) is 12.1 Å². The number of nitro benzene ring substituents is 1. The Hall–Kier alpha value is -1.99. The van der Waals surface area contributed by atoms with E-state index >= 15 is 0 Å². The van der Waals surface area contributed by atoms with Crippen molar-refractivity contribution in [3.8, 4) is 0 Å². The van der Waals surface area contributed by atoms with Gasteiger partial charge in [-0.2, -0.15) is 0 Å². The van der Waals surface area contributed by atoms with Crippen molar-refractivity contribution in [1.29, 1.82) is 0 Å². The van der Waals surface area contributed by atoms with E-state index in [9.17, 15) is 14.9 Å². The van der Waals surface area contributed by atoms with Crippen molar-refractivity contribution in [2.24, 2.45) is 11.8 Å². The first kappa shape index (κ1) is 23.7. The van der Waals surface area contributed by atoms with Crippen molar-refractivity contribution in [2.45, 2.75) is 58.4 Å². The molecule has 1 aromatic carbocycles. The number of benzene rings is 1. The van der Waals surface area contributed by atoms with E-state index < -0.39 is 0 Å². The molecule has 2 aliphatic heterocycles. The first-order chi connectivity index (χ1) is 15.0. The van der Waals surface area contributed by atoms with Crippen LogP contribution in [0, 0.1) is 22.0 Å². The SMILES string of the molecule is CCCN(CC1CCN(C(=O)C2CCNCC2)CC1)C(C)Cc1ccc([N+](=O)[O-])cc1. The second-order valence-corrected chi connectivity index (χ2v) is 9.26. The van der Waals surface area contributed by atoms with Crippen molar-refractivity contribution in [2.75, 3.05) is 39.3 Å². The lowest BCUT2D eigenvalue weighted by Gasteiger charge is -2.38. The minimum absolute atomic E-state index is 0.146. The largest absolute Gasteiger partial charge is 0.342 e. The van der Waals surface area contributed by atoms with Crippen LogP contribution in [0.1, 0.15) is 51.5 Å². The van der Waals surface area contributed by atoms with Crippen LogP contribution in [-0.2, 0) is 11.2 Å². The van der Waals surface area contributed by atoms with Crippen LogP contribution < -0.4 is 5.32 Å². The highest BCUT2D eigenvalue weighted by Gasteiger charge is 2.30. The molecule has 0 saturated carbocycles. The summed E-state index contributed by atoms with van der Waals surface area (Å²) < 4.78 is 0. The fourth-order valence-electron chi connectivity index (χ4n) is 5.00. The smallest absolute Gasteiger partial charge is 0.269 e. The number of amides is 1. The molecule has 2 aliphatic rings. The van der Waals surface area contributed by atoms with Crippen molar-refractivity contribution < 1.29 is 9.72 Å². The van der Waals surface area contributed by atoms with Gasteiger partial charge < -0.3 is 15.1 Å². The quantitative estimate of drug-likeness (QED) is 0.479. The monoisotopic (exact) mass is 430 g/mol. The van der Waals surface area contributed by atoms with Crippen LogP contribution in [-0.4, -0.2) is 65.9 Å². The van der Waals surface area contributed by atoms with Gasteiger partial charge in [0.15, 0.2) is 0 Å². The predicted molar refractivity (Wildman–Crippen MR) is 123 cm³/mol. The lowest BCUT2D eigenvalue weighted by Crippen LogP contribution is -2.47. The molecule has 7 nitrogen and oxygen atoms in total. The number of piperidine rings is 2. The Kier molecular flexibility index (Phi) is 8.84. The number of rotatable bonds is 9. The molecule has 2 heterocycles. The van der Waals surface area contributed by atoms with Gasteiger partial charge in [0.25, 0.3) is 5.69 Å². The van der Waals surface area contributed by atoms with Crippen molar-refractivity contribution in [1.82, 2.24) is 15.1 Å². The van der Waals surface area contributed by atoms with Crippen LogP contribution in [0.5, 0.6) is 0 Å². The standard InChI is InChI=1S/C24H38N4O3/c1-3-14-27(19(2)17-20-4-6-23(7-5-20)28(30)31)18-21-10-15-26(16-11-21)24(29)22-8-12-25-13-9-22/h4-7,19,21-22,25H,3,8-18H2,1-2H3. The number of hydrogen-bond donors (Lipinski definition) is 1. The van der Waals surface area contributed by atoms with Gasteiger partial charge in [0, 0.05) is 43.7 Å². The molecule has 31 heavy (non-hydrogen) atoms. The number of carbonyl (C=O) groups is 1. The molecule has 1 N–H and O–H groups in total. The molecule has 172 valence electrons. The van der Waals surface area contributed by atoms with Gasteiger partial charge in [-0.15, -0.1) is 0 Å². The molecular weight excluding hydrogens is 392 g/mol. The Labute approximate surface area is 186 Å². The predicted octanol–water partition coefficient (Wildman–Crippen LogP) is 3.48. The first-order valence-corrected chi connectivity index (χ1v) is 11.9. The molecule has 0 spiro atoms. The lowest BCUT2D eigenvalue weighted by molar-refractivity contribution is -0.384. The molecule has 2 saturated heterocycles. The highest BCUT2D eigenvalue weighted by atomic mass is 16.6. The summed E-state index contributed by atoms with van der Waals surface area (Å²) in [6.07, 6.45) is 6.12. The molecule has 1 atom stereocenters. The summed E-state index contributed by atoms with van der Waals surface area (Å²) in [6, 6.07) is 7.34. The number of nitrogens with zero attached hydrogens (tertiary/aromatic N) is 3. The molecule has 1 amide bonds. The van der Waals surface area contributed by atoms with Crippen LogP contribution >= 0.6 is 0 Å². The van der Waals surface area contributed by atoms with Crippen LogP contribution in [0.15, 0.2) is 24.3 Å². The van der Waals surface area contributed by atoms with E-state index in [1.165, 1.54) is 0 Å². The summed E-state index contributed by atoms with van der Waals surface area (Å²) in [5, 5.41) is 14.2. The zero-order chi connectivity index (χ0) is 22.2. The maximum atomic E-state index is 12.8. The molecule has 0 radical (unpaired) electrons. The maximum Gasteiger partial charge on any atom is 0.269 e. The Bertz CT molecular complexity index is 710. The average Bonchev–Trinajstić information content (AvgIpc) is 2.79. The molecule has 1 unspecified atom stereocenters. The Morgan fingerprint density at radius 3 is 2.42 bits per heavy atom. The van der Waals surface area contributed by atoms with Crippen LogP contribution in [0.2, 0.25) is 0 Å². The average molecular weight is 431 g/mol. The second-order valence-electron chi connectivity index (χ2n) is 9.26. The first-order valence-electron chi connectivity index (χ1n) is 11.9. The topological polar surface area (TPSA) is 78.7 Å². The highest BCUT2D eigenvalue weighted by Crippen LogP contribution is 2.24. The van der Waals surface area contributed by atoms with E-state index in [0.29, 0.717) is 17.9 Å². The van der Waals surface area contributed by atoms with Crippen LogP contribution in [0.25, 0.3) is 0 Å². The molecule has 0 aromatic heterocycles. The van der Waals surface area contributed by atoms with Gasteiger partial charge in [0.05, 0.1) is 4.92 Å². The molecular formula is C24H38N4O3. The summed E-state index contributed by atoms with van der Waals surface area (Å²) in [7, 11) is 0. The number of nitro groups is 1. The van der Waals surface area contributed by atoms with Crippen LogP contribution in [0.3, 0.4) is 0 Å². The van der Waals surface area contributed by atoms with Crippen molar-refractivity contribution >= 4 is 11.6 Å². The third-order valence-corrected chi connectivity index (χ3v) is 6.92. The molecule has 7 heteroatoms. The number of hydrogen-bond acceptors (Lipinski definition) is 5. The lowest BCUT2D eigenvalue weighted by atomic mass is 9.92. The number of likely N-dealkylation sites (tertiary alicyclic amines) is 1. The van der Waals surface area contributed by atoms with Gasteiger partial charge in [-0.1, -0.05) is 19.1 Å². The van der Waals surface area contributed by atoms with Gasteiger partial charge in [-0.3, -0.25) is 14.9 Å². The summed E-state index contributed by atoms with van der Waals surface area (Å²) >= 11 is 0. The number of nitrogens with one attached hydrogen (secondary N) is 1. The second kappa shape index (κ2) is 11.6. The van der Waals surface area contributed by atoms with Gasteiger partial charge in [0.1, 0.15) is 0 Å². The Balaban J connectivity index is 1.49. The zero-order valence-electron chi connectivity index (χ0n) is 19.1. The van der Waals surface area contributed by atoms with Gasteiger partial charge in [0.2, 0.25) is 5.91 Å². The molecule has 0 bridgehead atoms. The molecule has 2 fully saturated rings. The Morgan fingerprint density at radius 2 is 1.84 bits per heavy atom. The summed E-state index contributed by atoms with van der Waals surface area (Å²) in [4.78, 5) is 28.0. The summed E-state index contributed by atoms with van der Waals surface area (Å²) in [5.41, 5.74) is 1.29. The minimum atomic E-state index is -0.348. The van der Waals surface area contributed by atoms with Crippen molar-refractivity contribution in [3.05, 3.63) is 39.9 Å². The fraction of sp³-hybridized carbons (Fsp3) is 0.708. The van der Waals surface area contributed by atoms with Gasteiger partial charge in [-0.25, -0.2) is 0 Å². The minimum Gasteiger partial charge on any atom is -0.342 e. The van der Waals surface area contributed by atoms with E-state index in [2.05, 4.69) is 29.0 Å². The third-order valence-electron chi connectivity index (χ3n) is 6.92. The van der Waals surface area contributed by atoms with E-state index in [1.54, 1.807) is 12.1 Å². The number of carbonyl (C=O) groups excluding carboxylic acids is 1. The highest BCUT2D eigenvalue weighted by molar-refractivity contribution is 5.79. The van der Waals surface area contributed by atoms with E-state index in [0.717, 1.165) is 83.4 Å². The molecule has 0 aliphatic carbocycles.